The van der Waals surface area contributed by atoms with Crippen LogP contribution >= 0.6 is 11.3 Å². The van der Waals surface area contributed by atoms with Gasteiger partial charge in [0.25, 0.3) is 0 Å². The van der Waals surface area contributed by atoms with Crippen molar-refractivity contribution < 1.29 is 8.78 Å². The quantitative estimate of drug-likeness (QED) is 0.542. The zero-order valence-electron chi connectivity index (χ0n) is 14.1. The third-order valence-electron chi connectivity index (χ3n) is 3.92. The molecule has 0 atom stereocenters. The predicted molar refractivity (Wildman–Crippen MR) is 100.0 cm³/mol. The molecule has 2 heterocycles. The Kier molecular flexibility index (Phi) is 4.88. The summed E-state index contributed by atoms with van der Waals surface area (Å²) in [4.78, 5) is 0. The van der Waals surface area contributed by atoms with Gasteiger partial charge in [0.15, 0.2) is 0 Å². The molecule has 0 aliphatic carbocycles. The van der Waals surface area contributed by atoms with Crippen LogP contribution in [0.15, 0.2) is 60.8 Å². The summed E-state index contributed by atoms with van der Waals surface area (Å²) in [7, 11) is 0. The van der Waals surface area contributed by atoms with Crippen molar-refractivity contribution in [2.45, 2.75) is 13.0 Å². The predicted octanol–water partition coefficient (Wildman–Crippen LogP) is 4.20. The minimum atomic E-state index is -0.282. The molecule has 0 unspecified atom stereocenters. The van der Waals surface area contributed by atoms with Crippen LogP contribution in [0.4, 0.5) is 13.9 Å². The molecule has 2 aromatic carbocycles. The Balaban J connectivity index is 1.38. The highest BCUT2D eigenvalue weighted by Gasteiger charge is 2.09. The highest BCUT2D eigenvalue weighted by atomic mass is 32.1. The molecule has 0 spiro atoms. The lowest BCUT2D eigenvalue weighted by atomic mass is 10.1. The van der Waals surface area contributed by atoms with Gasteiger partial charge in [-0.2, -0.15) is 5.10 Å². The van der Waals surface area contributed by atoms with Crippen LogP contribution in [0.25, 0.3) is 5.69 Å². The van der Waals surface area contributed by atoms with E-state index in [0.717, 1.165) is 16.4 Å². The minimum absolute atomic E-state index is 0.242. The van der Waals surface area contributed by atoms with E-state index in [1.54, 1.807) is 35.0 Å². The van der Waals surface area contributed by atoms with Crippen molar-refractivity contribution >= 4 is 16.5 Å². The van der Waals surface area contributed by atoms with Gasteiger partial charge in [-0.25, -0.2) is 13.5 Å². The maximum atomic E-state index is 13.7. The van der Waals surface area contributed by atoms with Crippen LogP contribution in [0.5, 0.6) is 0 Å². The maximum absolute atomic E-state index is 13.7. The van der Waals surface area contributed by atoms with Crippen LogP contribution in [-0.4, -0.2) is 20.0 Å². The van der Waals surface area contributed by atoms with Gasteiger partial charge in [0.05, 0.1) is 17.9 Å². The van der Waals surface area contributed by atoms with Gasteiger partial charge in [0, 0.05) is 12.6 Å². The van der Waals surface area contributed by atoms with E-state index in [9.17, 15) is 8.78 Å². The molecule has 1 N–H and O–H groups in total. The number of halogens is 2. The zero-order chi connectivity index (χ0) is 18.6. The van der Waals surface area contributed by atoms with Crippen LogP contribution in [0.1, 0.15) is 16.3 Å². The summed E-state index contributed by atoms with van der Waals surface area (Å²) < 4.78 is 28.4. The van der Waals surface area contributed by atoms with Crippen molar-refractivity contribution in [1.29, 1.82) is 0 Å². The van der Waals surface area contributed by atoms with Crippen molar-refractivity contribution in [2.24, 2.45) is 0 Å². The number of aromatic nitrogens is 4. The minimum Gasteiger partial charge on any atom is -0.354 e. The topological polar surface area (TPSA) is 55.6 Å². The van der Waals surface area contributed by atoms with Gasteiger partial charge in [-0.1, -0.05) is 29.5 Å². The van der Waals surface area contributed by atoms with E-state index in [-0.39, 0.29) is 11.6 Å². The molecule has 4 rings (SSSR count). The molecule has 0 fully saturated rings. The third kappa shape index (κ3) is 4.17. The van der Waals surface area contributed by atoms with Crippen LogP contribution in [0, 0.1) is 11.6 Å². The lowest BCUT2D eigenvalue weighted by molar-refractivity contribution is 0.613. The lowest BCUT2D eigenvalue weighted by Gasteiger charge is -2.01. The Morgan fingerprint density at radius 2 is 1.78 bits per heavy atom. The van der Waals surface area contributed by atoms with E-state index in [1.807, 2.05) is 12.3 Å². The maximum Gasteiger partial charge on any atom is 0.206 e. The van der Waals surface area contributed by atoms with Crippen molar-refractivity contribution in [3.63, 3.8) is 0 Å². The SMILES string of the molecule is Fc1ccc(-n2ccc(CNc3nnc(Cc4ccccc4F)s3)n2)cc1. The molecular weight excluding hydrogens is 368 g/mol. The highest BCUT2D eigenvalue weighted by molar-refractivity contribution is 7.15. The molecule has 136 valence electrons. The molecule has 0 radical (unpaired) electrons. The van der Waals surface area contributed by atoms with E-state index >= 15 is 0 Å². The largest absolute Gasteiger partial charge is 0.354 e. The summed E-state index contributed by atoms with van der Waals surface area (Å²) in [6, 6.07) is 14.6. The van der Waals surface area contributed by atoms with Crippen molar-refractivity contribution in [3.05, 3.63) is 88.7 Å². The van der Waals surface area contributed by atoms with Gasteiger partial charge in [-0.3, -0.25) is 0 Å². The molecule has 2 aromatic heterocycles. The average molecular weight is 383 g/mol. The zero-order valence-corrected chi connectivity index (χ0v) is 15.0. The van der Waals surface area contributed by atoms with Gasteiger partial charge in [0.2, 0.25) is 5.13 Å². The number of hydrogen-bond donors (Lipinski definition) is 1. The fraction of sp³-hybridized carbons (Fsp3) is 0.105. The fourth-order valence-corrected chi connectivity index (χ4v) is 3.32. The monoisotopic (exact) mass is 383 g/mol. The molecule has 27 heavy (non-hydrogen) atoms. The normalized spacial score (nSPS) is 10.9. The molecule has 0 amide bonds. The second kappa shape index (κ2) is 7.63. The van der Waals surface area contributed by atoms with E-state index in [1.165, 1.54) is 29.5 Å². The van der Waals surface area contributed by atoms with Gasteiger partial charge in [-0.15, -0.1) is 10.2 Å². The van der Waals surface area contributed by atoms with E-state index in [0.29, 0.717) is 23.7 Å². The van der Waals surface area contributed by atoms with Gasteiger partial charge in [0.1, 0.15) is 16.6 Å². The highest BCUT2D eigenvalue weighted by Crippen LogP contribution is 2.20. The van der Waals surface area contributed by atoms with Crippen molar-refractivity contribution in [2.75, 3.05) is 5.32 Å². The first-order valence-corrected chi connectivity index (χ1v) is 9.09. The molecule has 0 saturated carbocycles. The Morgan fingerprint density at radius 3 is 2.59 bits per heavy atom. The molecule has 5 nitrogen and oxygen atoms in total. The summed E-state index contributed by atoms with van der Waals surface area (Å²) >= 11 is 1.38. The first-order chi connectivity index (χ1) is 13.2. The fourth-order valence-electron chi connectivity index (χ4n) is 2.56. The number of nitrogens with zero attached hydrogens (tertiary/aromatic N) is 4. The Labute approximate surface area is 158 Å². The molecule has 4 aromatic rings. The van der Waals surface area contributed by atoms with E-state index in [4.69, 9.17) is 0 Å². The van der Waals surface area contributed by atoms with E-state index < -0.39 is 0 Å². The van der Waals surface area contributed by atoms with Crippen LogP contribution in [0.2, 0.25) is 0 Å². The molecular formula is C19H15F2N5S. The summed E-state index contributed by atoms with van der Waals surface area (Å²) in [6.45, 7) is 0.475. The van der Waals surface area contributed by atoms with E-state index in [2.05, 4.69) is 20.6 Å². The van der Waals surface area contributed by atoms with Gasteiger partial charge >= 0.3 is 0 Å². The molecule has 8 heteroatoms. The Morgan fingerprint density at radius 1 is 0.963 bits per heavy atom. The number of benzene rings is 2. The second-order valence-electron chi connectivity index (χ2n) is 5.85. The third-order valence-corrected chi connectivity index (χ3v) is 4.80. The van der Waals surface area contributed by atoms with Crippen LogP contribution < -0.4 is 5.32 Å². The number of anilines is 1. The first-order valence-electron chi connectivity index (χ1n) is 8.27. The molecule has 0 saturated heterocycles. The summed E-state index contributed by atoms with van der Waals surface area (Å²) in [6.07, 6.45) is 2.22. The second-order valence-corrected chi connectivity index (χ2v) is 6.91. The lowest BCUT2D eigenvalue weighted by Crippen LogP contribution is -2.01. The standard InChI is InChI=1S/C19H15F2N5S/c20-14-5-7-16(8-6-14)26-10-9-15(25-26)12-22-19-24-23-18(27-19)11-13-3-1-2-4-17(13)21/h1-10H,11-12H2,(H,22,24). The first kappa shape index (κ1) is 17.3. The average Bonchev–Trinajstić information content (AvgIpc) is 3.32. The van der Waals surface area contributed by atoms with Gasteiger partial charge < -0.3 is 5.32 Å². The molecule has 0 bridgehead atoms. The Bertz CT molecular complexity index is 1040. The van der Waals surface area contributed by atoms with Crippen molar-refractivity contribution in [1.82, 2.24) is 20.0 Å². The van der Waals surface area contributed by atoms with Gasteiger partial charge in [-0.05, 0) is 42.0 Å². The summed E-state index contributed by atoms with van der Waals surface area (Å²) in [5, 5.41) is 17.2. The van der Waals surface area contributed by atoms with Crippen molar-refractivity contribution in [3.8, 4) is 5.69 Å². The van der Waals surface area contributed by atoms with Crippen LogP contribution in [0.3, 0.4) is 0 Å². The molecule has 0 aliphatic heterocycles. The number of rotatable bonds is 6. The molecule has 0 aliphatic rings. The smallest absolute Gasteiger partial charge is 0.206 e. The Hall–Kier alpha value is -3.13. The number of nitrogens with one attached hydrogen (secondary N) is 1. The summed E-state index contributed by atoms with van der Waals surface area (Å²) in [5.74, 6) is -0.524. The summed E-state index contributed by atoms with van der Waals surface area (Å²) in [5.41, 5.74) is 2.19. The number of hydrogen-bond acceptors (Lipinski definition) is 5. The van der Waals surface area contributed by atoms with Crippen LogP contribution in [-0.2, 0) is 13.0 Å².